The molecule has 0 aromatic rings. The van der Waals surface area contributed by atoms with Crippen LogP contribution in [0.3, 0.4) is 0 Å². The molecule has 0 aromatic carbocycles. The van der Waals surface area contributed by atoms with Gasteiger partial charge in [-0.2, -0.15) is 0 Å². The topological polar surface area (TPSA) is 87.7 Å². The predicted octanol–water partition coefficient (Wildman–Crippen LogP) is 0.718. The normalized spacial score (nSPS) is 31.9. The summed E-state index contributed by atoms with van der Waals surface area (Å²) < 4.78 is 5.28. The molecule has 0 aromatic heterocycles. The van der Waals surface area contributed by atoms with Crippen molar-refractivity contribution < 1.29 is 19.4 Å². The van der Waals surface area contributed by atoms with E-state index in [4.69, 9.17) is 9.84 Å². The maximum Gasteiger partial charge on any atom is 0.315 e. The molecule has 3 atom stereocenters. The molecule has 3 unspecified atom stereocenters. The Labute approximate surface area is 106 Å². The molecule has 6 heteroatoms. The number of nitrogens with one attached hydrogen (secondary N) is 2. The average molecular weight is 256 g/mol. The van der Waals surface area contributed by atoms with Crippen LogP contribution in [0.4, 0.5) is 4.79 Å². The SMILES string of the molecule is O=C(NC1CCCOC1)NC1CCCC1C(=O)O. The Morgan fingerprint density at radius 1 is 1.11 bits per heavy atom. The van der Waals surface area contributed by atoms with E-state index < -0.39 is 11.9 Å². The number of carbonyl (C=O) groups is 2. The molecule has 2 rings (SSSR count). The first-order valence-electron chi connectivity index (χ1n) is 6.54. The Hall–Kier alpha value is -1.30. The van der Waals surface area contributed by atoms with Gasteiger partial charge in [-0.15, -0.1) is 0 Å². The summed E-state index contributed by atoms with van der Waals surface area (Å²) in [6, 6.07) is -0.473. The third kappa shape index (κ3) is 3.35. The van der Waals surface area contributed by atoms with Crippen molar-refractivity contribution in [1.82, 2.24) is 10.6 Å². The highest BCUT2D eigenvalue weighted by Crippen LogP contribution is 2.25. The van der Waals surface area contributed by atoms with Crippen molar-refractivity contribution in [3.8, 4) is 0 Å². The Balaban J connectivity index is 1.77. The monoisotopic (exact) mass is 256 g/mol. The smallest absolute Gasteiger partial charge is 0.315 e. The molecule has 102 valence electrons. The summed E-state index contributed by atoms with van der Waals surface area (Å²) in [5.41, 5.74) is 0. The van der Waals surface area contributed by atoms with Crippen molar-refractivity contribution in [2.45, 2.75) is 44.2 Å². The van der Waals surface area contributed by atoms with Crippen LogP contribution in [0, 0.1) is 5.92 Å². The molecular weight excluding hydrogens is 236 g/mol. The predicted molar refractivity (Wildman–Crippen MR) is 64.3 cm³/mol. The zero-order valence-corrected chi connectivity index (χ0v) is 10.4. The molecule has 0 radical (unpaired) electrons. The van der Waals surface area contributed by atoms with E-state index in [1.807, 2.05) is 0 Å². The first-order chi connectivity index (χ1) is 8.66. The molecule has 0 bridgehead atoms. The Bertz CT molecular complexity index is 315. The van der Waals surface area contributed by atoms with Crippen molar-refractivity contribution in [2.75, 3.05) is 13.2 Å². The molecule has 1 saturated heterocycles. The zero-order valence-electron chi connectivity index (χ0n) is 10.4. The summed E-state index contributed by atoms with van der Waals surface area (Å²) in [5.74, 6) is -1.27. The van der Waals surface area contributed by atoms with Crippen LogP contribution in [0.25, 0.3) is 0 Å². The van der Waals surface area contributed by atoms with Crippen LogP contribution in [-0.4, -0.2) is 42.4 Å². The molecule has 1 saturated carbocycles. The second-order valence-corrected chi connectivity index (χ2v) is 5.01. The van der Waals surface area contributed by atoms with E-state index in [9.17, 15) is 9.59 Å². The molecule has 2 fully saturated rings. The quantitative estimate of drug-likeness (QED) is 0.694. The van der Waals surface area contributed by atoms with Crippen molar-refractivity contribution in [1.29, 1.82) is 0 Å². The van der Waals surface area contributed by atoms with Gasteiger partial charge in [-0.05, 0) is 25.7 Å². The lowest BCUT2D eigenvalue weighted by molar-refractivity contribution is -0.142. The van der Waals surface area contributed by atoms with Gasteiger partial charge in [-0.25, -0.2) is 4.79 Å². The molecule has 18 heavy (non-hydrogen) atoms. The second-order valence-electron chi connectivity index (χ2n) is 5.01. The fourth-order valence-electron chi connectivity index (χ4n) is 2.68. The minimum atomic E-state index is -0.821. The van der Waals surface area contributed by atoms with Crippen LogP contribution in [0.5, 0.6) is 0 Å². The summed E-state index contributed by atoms with van der Waals surface area (Å²) in [6.07, 6.45) is 4.11. The van der Waals surface area contributed by atoms with Gasteiger partial charge in [0.05, 0.1) is 18.6 Å². The molecule has 1 heterocycles. The highest BCUT2D eigenvalue weighted by Gasteiger charge is 2.34. The summed E-state index contributed by atoms with van der Waals surface area (Å²) in [6.45, 7) is 1.30. The summed E-state index contributed by atoms with van der Waals surface area (Å²) in [7, 11) is 0. The summed E-state index contributed by atoms with van der Waals surface area (Å²) >= 11 is 0. The van der Waals surface area contributed by atoms with E-state index in [1.54, 1.807) is 0 Å². The van der Waals surface area contributed by atoms with Crippen LogP contribution < -0.4 is 10.6 Å². The van der Waals surface area contributed by atoms with Crippen LogP contribution >= 0.6 is 0 Å². The van der Waals surface area contributed by atoms with Crippen LogP contribution in [0.15, 0.2) is 0 Å². The molecule has 0 spiro atoms. The van der Waals surface area contributed by atoms with Crippen molar-refractivity contribution >= 4 is 12.0 Å². The van der Waals surface area contributed by atoms with Crippen LogP contribution in [0.2, 0.25) is 0 Å². The molecular formula is C12H20N2O4. The lowest BCUT2D eigenvalue weighted by atomic mass is 10.0. The number of carboxylic acids is 1. The third-order valence-electron chi connectivity index (χ3n) is 3.65. The average Bonchev–Trinajstić information content (AvgIpc) is 2.78. The number of aliphatic carboxylic acids is 1. The number of hydrogen-bond donors (Lipinski definition) is 3. The van der Waals surface area contributed by atoms with Gasteiger partial charge in [0.1, 0.15) is 0 Å². The Morgan fingerprint density at radius 2 is 1.94 bits per heavy atom. The fraction of sp³-hybridized carbons (Fsp3) is 0.833. The number of ether oxygens (including phenoxy) is 1. The van der Waals surface area contributed by atoms with Gasteiger partial charge in [0.15, 0.2) is 0 Å². The number of amides is 2. The molecule has 1 aliphatic carbocycles. The number of carbonyl (C=O) groups excluding carboxylic acids is 1. The van der Waals surface area contributed by atoms with E-state index in [0.717, 1.165) is 32.3 Å². The van der Waals surface area contributed by atoms with E-state index in [2.05, 4.69) is 10.6 Å². The van der Waals surface area contributed by atoms with Gasteiger partial charge >= 0.3 is 12.0 Å². The molecule has 1 aliphatic heterocycles. The summed E-state index contributed by atoms with van der Waals surface area (Å²) in [4.78, 5) is 22.8. The van der Waals surface area contributed by atoms with Gasteiger partial charge < -0.3 is 20.5 Å². The first-order valence-corrected chi connectivity index (χ1v) is 6.54. The molecule has 6 nitrogen and oxygen atoms in total. The van der Waals surface area contributed by atoms with E-state index >= 15 is 0 Å². The molecule has 2 aliphatic rings. The van der Waals surface area contributed by atoms with Gasteiger partial charge in [0.2, 0.25) is 0 Å². The van der Waals surface area contributed by atoms with E-state index in [1.165, 1.54) is 0 Å². The first kappa shape index (κ1) is 13.1. The van der Waals surface area contributed by atoms with Crippen molar-refractivity contribution in [2.24, 2.45) is 5.92 Å². The lowest BCUT2D eigenvalue weighted by Crippen LogP contribution is -2.50. The second kappa shape index (κ2) is 6.04. The van der Waals surface area contributed by atoms with Gasteiger partial charge in [0, 0.05) is 12.6 Å². The Morgan fingerprint density at radius 3 is 2.61 bits per heavy atom. The Kier molecular flexibility index (Phi) is 4.41. The largest absolute Gasteiger partial charge is 0.481 e. The van der Waals surface area contributed by atoms with Gasteiger partial charge in [-0.3, -0.25) is 4.79 Å². The van der Waals surface area contributed by atoms with Crippen LogP contribution in [0.1, 0.15) is 32.1 Å². The lowest BCUT2D eigenvalue weighted by Gasteiger charge is -2.25. The number of hydrogen-bond acceptors (Lipinski definition) is 3. The van der Waals surface area contributed by atoms with E-state index in [0.29, 0.717) is 13.0 Å². The minimum absolute atomic E-state index is 0.0448. The fourth-order valence-corrected chi connectivity index (χ4v) is 2.68. The van der Waals surface area contributed by atoms with Crippen molar-refractivity contribution in [3.63, 3.8) is 0 Å². The maximum absolute atomic E-state index is 11.8. The maximum atomic E-state index is 11.8. The zero-order chi connectivity index (χ0) is 13.0. The highest BCUT2D eigenvalue weighted by atomic mass is 16.5. The molecule has 2 amide bonds. The van der Waals surface area contributed by atoms with Gasteiger partial charge in [0.25, 0.3) is 0 Å². The molecule has 3 N–H and O–H groups in total. The van der Waals surface area contributed by atoms with Crippen LogP contribution in [-0.2, 0) is 9.53 Å². The van der Waals surface area contributed by atoms with Crippen molar-refractivity contribution in [3.05, 3.63) is 0 Å². The summed E-state index contributed by atoms with van der Waals surface area (Å²) in [5, 5.41) is 14.6. The minimum Gasteiger partial charge on any atom is -0.481 e. The number of urea groups is 1. The standard InChI is InChI=1S/C12H20N2O4/c15-11(16)9-4-1-5-10(9)14-12(17)13-8-3-2-6-18-7-8/h8-10H,1-7H2,(H,15,16)(H2,13,14,17). The number of rotatable bonds is 3. The van der Waals surface area contributed by atoms with Gasteiger partial charge in [-0.1, -0.05) is 6.42 Å². The third-order valence-corrected chi connectivity index (χ3v) is 3.65. The van der Waals surface area contributed by atoms with E-state index in [-0.39, 0.29) is 18.1 Å². The number of carboxylic acid groups (broad SMARTS) is 1. The highest BCUT2D eigenvalue weighted by molar-refractivity contribution is 5.77.